The lowest BCUT2D eigenvalue weighted by molar-refractivity contribution is -0.385. The van der Waals surface area contributed by atoms with E-state index in [1.54, 1.807) is 13.8 Å². The van der Waals surface area contributed by atoms with Gasteiger partial charge >= 0.3 is 0 Å². The van der Waals surface area contributed by atoms with Gasteiger partial charge in [-0.05, 0) is 26.3 Å². The predicted molar refractivity (Wildman–Crippen MR) is 78.7 cm³/mol. The van der Waals surface area contributed by atoms with Gasteiger partial charge in [0.15, 0.2) is 11.5 Å². The normalized spacial score (nSPS) is 10.8. The number of benzene rings is 1. The number of ether oxygens (including phenoxy) is 2. The zero-order chi connectivity index (χ0) is 16.0. The number of methoxy groups -OCH3 is 1. The van der Waals surface area contributed by atoms with Crippen LogP contribution in [0.25, 0.3) is 0 Å². The lowest BCUT2D eigenvalue weighted by Crippen LogP contribution is -2.13. The Labute approximate surface area is 128 Å². The van der Waals surface area contributed by atoms with Crippen molar-refractivity contribution in [1.29, 1.82) is 5.26 Å². The SMILES string of the molecule is COc1cc(CCl)c([N+](=O)[O-])cc1OCCC(C)(C)C#N. The van der Waals surface area contributed by atoms with Gasteiger partial charge in [0.1, 0.15) is 0 Å². The van der Waals surface area contributed by atoms with Crippen LogP contribution in [0.5, 0.6) is 11.5 Å². The average molecular weight is 313 g/mol. The Morgan fingerprint density at radius 1 is 1.43 bits per heavy atom. The molecule has 0 radical (unpaired) electrons. The molecule has 0 heterocycles. The fraction of sp³-hybridized carbons (Fsp3) is 0.500. The summed E-state index contributed by atoms with van der Waals surface area (Å²) in [5, 5.41) is 20.0. The molecule has 0 aliphatic rings. The molecular formula is C14H17ClN2O4. The first kappa shape index (κ1) is 17.1. The number of nitro groups is 1. The van der Waals surface area contributed by atoms with Crippen LogP contribution in [0.15, 0.2) is 12.1 Å². The minimum atomic E-state index is -0.519. The van der Waals surface area contributed by atoms with Gasteiger partial charge < -0.3 is 9.47 Å². The van der Waals surface area contributed by atoms with Crippen LogP contribution in [0, 0.1) is 26.9 Å². The molecule has 21 heavy (non-hydrogen) atoms. The van der Waals surface area contributed by atoms with E-state index in [1.165, 1.54) is 19.2 Å². The molecule has 0 atom stereocenters. The molecule has 0 saturated heterocycles. The molecule has 0 amide bonds. The second-order valence-corrected chi connectivity index (χ2v) is 5.38. The van der Waals surface area contributed by atoms with Gasteiger partial charge in [0.25, 0.3) is 5.69 Å². The van der Waals surface area contributed by atoms with Crippen molar-refractivity contribution in [2.75, 3.05) is 13.7 Å². The second-order valence-electron chi connectivity index (χ2n) is 5.12. The summed E-state index contributed by atoms with van der Waals surface area (Å²) in [5.74, 6) is 0.659. The van der Waals surface area contributed by atoms with E-state index in [9.17, 15) is 10.1 Å². The molecule has 0 N–H and O–H groups in total. The monoisotopic (exact) mass is 312 g/mol. The Hall–Kier alpha value is -2.00. The van der Waals surface area contributed by atoms with Gasteiger partial charge in [-0.2, -0.15) is 5.26 Å². The first-order chi connectivity index (χ1) is 9.84. The Kier molecular flexibility index (Phi) is 5.79. The summed E-state index contributed by atoms with van der Waals surface area (Å²) < 4.78 is 10.7. The van der Waals surface area contributed by atoms with Crippen molar-refractivity contribution in [2.45, 2.75) is 26.1 Å². The predicted octanol–water partition coefficient (Wildman–Crippen LogP) is 3.66. The minimum Gasteiger partial charge on any atom is -0.493 e. The maximum atomic E-state index is 11.0. The van der Waals surface area contributed by atoms with Gasteiger partial charge in [-0.3, -0.25) is 10.1 Å². The van der Waals surface area contributed by atoms with Gasteiger partial charge in [0.05, 0.1) is 42.1 Å². The molecule has 0 aliphatic carbocycles. The Morgan fingerprint density at radius 3 is 2.57 bits per heavy atom. The van der Waals surface area contributed by atoms with Crippen LogP contribution in [0.3, 0.4) is 0 Å². The summed E-state index contributed by atoms with van der Waals surface area (Å²) in [6, 6.07) is 4.96. The highest BCUT2D eigenvalue weighted by Crippen LogP contribution is 2.35. The third kappa shape index (κ3) is 4.50. The van der Waals surface area contributed by atoms with Gasteiger partial charge in [0, 0.05) is 5.56 Å². The molecule has 0 bridgehead atoms. The summed E-state index contributed by atoms with van der Waals surface area (Å²) >= 11 is 5.70. The van der Waals surface area contributed by atoms with E-state index >= 15 is 0 Å². The minimum absolute atomic E-state index is 0.00835. The molecule has 0 aromatic heterocycles. The molecule has 0 aliphatic heterocycles. The molecule has 114 valence electrons. The number of nitriles is 1. The summed E-state index contributed by atoms with van der Waals surface area (Å²) in [6.07, 6.45) is 0.498. The molecule has 0 spiro atoms. The quantitative estimate of drug-likeness (QED) is 0.435. The van der Waals surface area contributed by atoms with E-state index in [2.05, 4.69) is 6.07 Å². The number of nitrogens with zero attached hydrogens (tertiary/aromatic N) is 2. The molecule has 0 fully saturated rings. The van der Waals surface area contributed by atoms with Gasteiger partial charge in [-0.15, -0.1) is 11.6 Å². The van der Waals surface area contributed by atoms with Crippen molar-refractivity contribution in [3.05, 3.63) is 27.8 Å². The van der Waals surface area contributed by atoms with Crippen molar-refractivity contribution in [3.8, 4) is 17.6 Å². The first-order valence-corrected chi connectivity index (χ1v) is 6.83. The molecule has 6 nitrogen and oxygen atoms in total. The van der Waals surface area contributed by atoms with Gasteiger partial charge in [-0.25, -0.2) is 0 Å². The highest BCUT2D eigenvalue weighted by atomic mass is 35.5. The number of rotatable bonds is 7. The van der Waals surface area contributed by atoms with E-state index in [-0.39, 0.29) is 23.9 Å². The first-order valence-electron chi connectivity index (χ1n) is 6.30. The highest BCUT2D eigenvalue weighted by molar-refractivity contribution is 6.17. The van der Waals surface area contributed by atoms with Gasteiger partial charge in [-0.1, -0.05) is 0 Å². The third-order valence-corrected chi connectivity index (χ3v) is 3.28. The Morgan fingerprint density at radius 2 is 2.10 bits per heavy atom. The lowest BCUT2D eigenvalue weighted by Gasteiger charge is -2.16. The van der Waals surface area contributed by atoms with Crippen molar-refractivity contribution in [1.82, 2.24) is 0 Å². The number of hydrogen-bond acceptors (Lipinski definition) is 5. The molecule has 0 unspecified atom stereocenters. The van der Waals surface area contributed by atoms with Crippen LogP contribution < -0.4 is 9.47 Å². The van der Waals surface area contributed by atoms with Crippen molar-refractivity contribution in [2.24, 2.45) is 5.41 Å². The van der Waals surface area contributed by atoms with Crippen molar-refractivity contribution >= 4 is 17.3 Å². The largest absolute Gasteiger partial charge is 0.493 e. The second kappa shape index (κ2) is 7.14. The molecule has 0 saturated carbocycles. The summed E-state index contributed by atoms with van der Waals surface area (Å²) in [5.41, 5.74) is -0.265. The highest BCUT2D eigenvalue weighted by Gasteiger charge is 2.21. The van der Waals surface area contributed by atoms with Crippen LogP contribution >= 0.6 is 11.6 Å². The van der Waals surface area contributed by atoms with E-state index in [0.717, 1.165) is 0 Å². The van der Waals surface area contributed by atoms with Crippen LogP contribution in [0.4, 0.5) is 5.69 Å². The number of halogens is 1. The summed E-state index contributed by atoms with van der Waals surface area (Å²) in [6.45, 7) is 3.85. The fourth-order valence-corrected chi connectivity index (χ4v) is 1.83. The topological polar surface area (TPSA) is 85.4 Å². The fourth-order valence-electron chi connectivity index (χ4n) is 1.61. The maximum absolute atomic E-state index is 11.0. The van der Waals surface area contributed by atoms with Gasteiger partial charge in [0.2, 0.25) is 0 Å². The Balaban J connectivity index is 2.98. The zero-order valence-electron chi connectivity index (χ0n) is 12.2. The number of alkyl halides is 1. The van der Waals surface area contributed by atoms with E-state index in [0.29, 0.717) is 17.7 Å². The van der Waals surface area contributed by atoms with E-state index in [1.807, 2.05) is 0 Å². The molecule has 7 heteroatoms. The van der Waals surface area contributed by atoms with Crippen LogP contribution in [0.2, 0.25) is 0 Å². The molecule has 1 aromatic carbocycles. The molecule has 1 aromatic rings. The standard InChI is InChI=1S/C14H17ClN2O4/c1-14(2,9-16)4-5-21-13-7-11(17(18)19)10(8-15)6-12(13)20-3/h6-7H,4-5,8H2,1-3H3. The number of hydrogen-bond donors (Lipinski definition) is 0. The van der Waals surface area contributed by atoms with Crippen LogP contribution in [-0.2, 0) is 5.88 Å². The molecule has 1 rings (SSSR count). The summed E-state index contributed by atoms with van der Waals surface area (Å²) in [4.78, 5) is 10.5. The Bertz CT molecular complexity index is 567. The van der Waals surface area contributed by atoms with Crippen LogP contribution in [0.1, 0.15) is 25.8 Å². The number of nitro benzene ring substituents is 1. The van der Waals surface area contributed by atoms with Crippen molar-refractivity contribution < 1.29 is 14.4 Å². The smallest absolute Gasteiger partial charge is 0.277 e. The van der Waals surface area contributed by atoms with Crippen molar-refractivity contribution in [3.63, 3.8) is 0 Å². The third-order valence-electron chi connectivity index (χ3n) is 2.99. The maximum Gasteiger partial charge on any atom is 0.277 e. The molecular weight excluding hydrogens is 296 g/mol. The van der Waals surface area contributed by atoms with Crippen LogP contribution in [-0.4, -0.2) is 18.6 Å². The summed E-state index contributed by atoms with van der Waals surface area (Å²) in [7, 11) is 1.45. The zero-order valence-corrected chi connectivity index (χ0v) is 12.9. The average Bonchev–Trinajstić information content (AvgIpc) is 2.46. The van der Waals surface area contributed by atoms with E-state index < -0.39 is 10.3 Å². The lowest BCUT2D eigenvalue weighted by atomic mass is 9.92. The van der Waals surface area contributed by atoms with E-state index in [4.69, 9.17) is 26.3 Å².